The van der Waals surface area contributed by atoms with Gasteiger partial charge in [-0.25, -0.2) is 13.4 Å². The third-order valence-corrected chi connectivity index (χ3v) is 6.08. The van der Waals surface area contributed by atoms with E-state index in [0.717, 1.165) is 31.4 Å². The molecule has 0 aromatic heterocycles. The molecule has 0 saturated carbocycles. The first-order chi connectivity index (χ1) is 11.9. The summed E-state index contributed by atoms with van der Waals surface area (Å²) in [5.41, 5.74) is 0.731. The van der Waals surface area contributed by atoms with Crippen molar-refractivity contribution in [3.63, 3.8) is 0 Å². The number of rotatable bonds is 6. The quantitative estimate of drug-likeness (QED) is 0.363. The van der Waals surface area contributed by atoms with Gasteiger partial charge < -0.3 is 10.6 Å². The monoisotopic (exact) mass is 494 g/mol. The van der Waals surface area contributed by atoms with E-state index >= 15 is 0 Å². The number of halogens is 1. The number of sulfonamides is 1. The van der Waals surface area contributed by atoms with E-state index in [4.69, 9.17) is 0 Å². The Bertz CT molecular complexity index is 686. The third kappa shape index (κ3) is 6.38. The lowest BCUT2D eigenvalue weighted by molar-refractivity contribution is 0.346. The fourth-order valence-electron chi connectivity index (χ4n) is 2.89. The van der Waals surface area contributed by atoms with Crippen molar-refractivity contribution < 1.29 is 8.42 Å². The minimum absolute atomic E-state index is 0. The molecule has 1 aliphatic rings. The van der Waals surface area contributed by atoms with Gasteiger partial charge in [-0.15, -0.1) is 24.0 Å². The average Bonchev–Trinajstić information content (AvgIpc) is 2.60. The van der Waals surface area contributed by atoms with Crippen LogP contribution in [0.2, 0.25) is 0 Å². The van der Waals surface area contributed by atoms with Gasteiger partial charge in [0.1, 0.15) is 0 Å². The first-order valence-corrected chi connectivity index (χ1v) is 10.5. The number of hydrogen-bond acceptors (Lipinski definition) is 3. The van der Waals surface area contributed by atoms with Gasteiger partial charge >= 0.3 is 0 Å². The number of aliphatic imine (C=N–C) groups is 1. The van der Waals surface area contributed by atoms with Crippen LogP contribution < -0.4 is 10.6 Å². The van der Waals surface area contributed by atoms with Gasteiger partial charge in [0.25, 0.3) is 0 Å². The lowest BCUT2D eigenvalue weighted by Crippen LogP contribution is -2.41. The summed E-state index contributed by atoms with van der Waals surface area (Å²) in [4.78, 5) is 4.93. The lowest BCUT2D eigenvalue weighted by atomic mass is 10.2. The van der Waals surface area contributed by atoms with Crippen LogP contribution in [0.15, 0.2) is 34.2 Å². The van der Waals surface area contributed by atoms with Crippen LogP contribution in [-0.4, -0.2) is 44.4 Å². The molecule has 0 amide bonds. The highest BCUT2D eigenvalue weighted by Crippen LogP contribution is 2.24. The minimum Gasteiger partial charge on any atom is -0.357 e. The maximum Gasteiger partial charge on any atom is 0.243 e. The number of piperidine rings is 1. The van der Waals surface area contributed by atoms with Crippen LogP contribution in [0.4, 0.5) is 0 Å². The Labute approximate surface area is 174 Å². The highest BCUT2D eigenvalue weighted by atomic mass is 127. The van der Waals surface area contributed by atoms with Crippen molar-refractivity contribution in [2.75, 3.05) is 19.6 Å². The molecular formula is C18H31IN4O2S. The van der Waals surface area contributed by atoms with Crippen molar-refractivity contribution in [2.24, 2.45) is 4.99 Å². The Balaban J connectivity index is 0.00000338. The first-order valence-electron chi connectivity index (χ1n) is 9.08. The molecule has 1 aliphatic heterocycles. The van der Waals surface area contributed by atoms with Crippen LogP contribution in [0, 0.1) is 0 Å². The summed E-state index contributed by atoms with van der Waals surface area (Å²) < 4.78 is 27.6. The molecule has 0 spiro atoms. The van der Waals surface area contributed by atoms with Crippen molar-refractivity contribution in [3.8, 4) is 0 Å². The molecule has 8 heteroatoms. The van der Waals surface area contributed by atoms with E-state index in [1.54, 1.807) is 16.4 Å². The van der Waals surface area contributed by atoms with Gasteiger partial charge in [0.05, 0.1) is 11.4 Å². The predicted octanol–water partition coefficient (Wildman–Crippen LogP) is 2.94. The van der Waals surface area contributed by atoms with Gasteiger partial charge in [0, 0.05) is 25.7 Å². The standard InChI is InChI=1S/C18H30N4O2S.HI/c1-4-19-18(21-15(2)3)20-14-16-10-6-7-11-17(16)25(23,24)22-12-8-5-9-13-22;/h6-7,10-11,15H,4-5,8-9,12-14H2,1-3H3,(H2,19,20,21);1H. The molecule has 0 atom stereocenters. The fraction of sp³-hybridized carbons (Fsp3) is 0.611. The Morgan fingerprint density at radius 3 is 2.46 bits per heavy atom. The van der Waals surface area contributed by atoms with Crippen molar-refractivity contribution in [2.45, 2.75) is 57.5 Å². The summed E-state index contributed by atoms with van der Waals surface area (Å²) in [6.07, 6.45) is 2.97. The molecule has 6 nitrogen and oxygen atoms in total. The summed E-state index contributed by atoms with van der Waals surface area (Å²) >= 11 is 0. The maximum atomic E-state index is 13.0. The van der Waals surface area contributed by atoms with Crippen LogP contribution >= 0.6 is 24.0 Å². The van der Waals surface area contributed by atoms with E-state index < -0.39 is 10.0 Å². The number of benzene rings is 1. The van der Waals surface area contributed by atoms with Gasteiger partial charge in [-0.1, -0.05) is 24.6 Å². The summed E-state index contributed by atoms with van der Waals surface area (Å²) in [6, 6.07) is 7.44. The molecule has 2 N–H and O–H groups in total. The molecule has 148 valence electrons. The van der Waals surface area contributed by atoms with Crippen molar-refractivity contribution in [3.05, 3.63) is 29.8 Å². The molecule has 0 unspecified atom stereocenters. The van der Waals surface area contributed by atoms with Crippen molar-refractivity contribution in [1.82, 2.24) is 14.9 Å². The maximum absolute atomic E-state index is 13.0. The predicted molar refractivity (Wildman–Crippen MR) is 118 cm³/mol. The Morgan fingerprint density at radius 2 is 1.85 bits per heavy atom. The number of hydrogen-bond donors (Lipinski definition) is 2. The molecule has 1 aromatic rings. The molecule has 0 aliphatic carbocycles. The second kappa shape index (κ2) is 11.1. The van der Waals surface area contributed by atoms with Crippen LogP contribution in [0.5, 0.6) is 0 Å². The van der Waals surface area contributed by atoms with Gasteiger partial charge in [0.15, 0.2) is 5.96 Å². The van der Waals surface area contributed by atoms with Crippen LogP contribution in [0.25, 0.3) is 0 Å². The number of nitrogens with zero attached hydrogens (tertiary/aromatic N) is 2. The number of nitrogens with one attached hydrogen (secondary N) is 2. The molecule has 2 rings (SSSR count). The largest absolute Gasteiger partial charge is 0.357 e. The SMILES string of the molecule is CCNC(=NCc1ccccc1S(=O)(=O)N1CCCCC1)NC(C)C.I. The van der Waals surface area contributed by atoms with E-state index in [0.29, 0.717) is 30.5 Å². The summed E-state index contributed by atoms with van der Waals surface area (Å²) in [6.45, 7) is 8.39. The van der Waals surface area contributed by atoms with Gasteiger partial charge in [-0.05, 0) is 45.2 Å². The zero-order chi connectivity index (χ0) is 18.3. The Kier molecular flexibility index (Phi) is 9.88. The molecule has 26 heavy (non-hydrogen) atoms. The van der Waals surface area contributed by atoms with Gasteiger partial charge in [-0.2, -0.15) is 4.31 Å². The molecule has 1 saturated heterocycles. The normalized spacial score (nSPS) is 16.2. The zero-order valence-electron chi connectivity index (χ0n) is 15.9. The fourth-order valence-corrected chi connectivity index (χ4v) is 4.62. The molecule has 0 radical (unpaired) electrons. The smallest absolute Gasteiger partial charge is 0.243 e. The minimum atomic E-state index is -3.45. The Hall–Kier alpha value is -0.870. The lowest BCUT2D eigenvalue weighted by Gasteiger charge is -2.26. The molecule has 1 fully saturated rings. The van der Waals surface area contributed by atoms with Crippen LogP contribution in [0.3, 0.4) is 0 Å². The topological polar surface area (TPSA) is 73.8 Å². The van der Waals surface area contributed by atoms with E-state index in [2.05, 4.69) is 15.6 Å². The van der Waals surface area contributed by atoms with E-state index in [1.807, 2.05) is 32.9 Å². The van der Waals surface area contributed by atoms with E-state index in [-0.39, 0.29) is 30.0 Å². The summed E-state index contributed by atoms with van der Waals surface area (Å²) in [7, 11) is -3.45. The highest BCUT2D eigenvalue weighted by Gasteiger charge is 2.27. The second-order valence-electron chi connectivity index (χ2n) is 6.57. The average molecular weight is 494 g/mol. The van der Waals surface area contributed by atoms with Crippen LogP contribution in [-0.2, 0) is 16.6 Å². The van der Waals surface area contributed by atoms with Gasteiger partial charge in [-0.3, -0.25) is 0 Å². The highest BCUT2D eigenvalue weighted by molar-refractivity contribution is 14.0. The summed E-state index contributed by atoms with van der Waals surface area (Å²) in [5, 5.41) is 6.44. The van der Waals surface area contributed by atoms with E-state index in [1.165, 1.54) is 0 Å². The number of guanidine groups is 1. The zero-order valence-corrected chi connectivity index (χ0v) is 19.0. The third-order valence-electron chi connectivity index (χ3n) is 4.08. The second-order valence-corrected chi connectivity index (χ2v) is 8.47. The molecule has 1 heterocycles. The molecular weight excluding hydrogens is 463 g/mol. The summed E-state index contributed by atoms with van der Waals surface area (Å²) in [5.74, 6) is 0.697. The van der Waals surface area contributed by atoms with Crippen molar-refractivity contribution in [1.29, 1.82) is 0 Å². The van der Waals surface area contributed by atoms with Crippen molar-refractivity contribution >= 4 is 40.0 Å². The first kappa shape index (κ1) is 23.2. The van der Waals surface area contributed by atoms with Gasteiger partial charge in [0.2, 0.25) is 10.0 Å². The molecule has 1 aromatic carbocycles. The molecule has 0 bridgehead atoms. The van der Waals surface area contributed by atoms with Crippen LogP contribution in [0.1, 0.15) is 45.6 Å². The Morgan fingerprint density at radius 1 is 1.19 bits per heavy atom. The van der Waals surface area contributed by atoms with E-state index in [9.17, 15) is 8.42 Å².